The lowest BCUT2D eigenvalue weighted by Gasteiger charge is -2.21. The predicted octanol–water partition coefficient (Wildman–Crippen LogP) is 0.482. The molecular weight excluding hydrogens is 240 g/mol. The summed E-state index contributed by atoms with van der Waals surface area (Å²) in [6.07, 6.45) is 2.18. The van der Waals surface area contributed by atoms with Crippen LogP contribution < -0.4 is 0 Å². The van der Waals surface area contributed by atoms with E-state index in [0.717, 1.165) is 45.7 Å². The second-order valence-electron chi connectivity index (χ2n) is 5.30. The molecule has 0 saturated carbocycles. The molecule has 0 spiro atoms. The van der Waals surface area contributed by atoms with Crippen LogP contribution in [0, 0.1) is 0 Å². The Balaban J connectivity index is 1.90. The molecule has 5 heteroatoms. The average molecular weight is 266 g/mol. The molecule has 1 fully saturated rings. The lowest BCUT2D eigenvalue weighted by molar-refractivity contribution is 0.195. The second-order valence-corrected chi connectivity index (χ2v) is 5.30. The first-order valence-corrected chi connectivity index (χ1v) is 7.30. The van der Waals surface area contributed by atoms with E-state index in [-0.39, 0.29) is 6.61 Å². The molecule has 108 valence electrons. The summed E-state index contributed by atoms with van der Waals surface area (Å²) in [4.78, 5) is 4.84. The number of aryl methyl sites for hydroxylation is 2. The third-order valence-electron chi connectivity index (χ3n) is 3.87. The summed E-state index contributed by atoms with van der Waals surface area (Å²) >= 11 is 0. The summed E-state index contributed by atoms with van der Waals surface area (Å²) in [6.45, 7) is 8.56. The predicted molar refractivity (Wildman–Crippen MR) is 76.0 cm³/mol. The first-order chi connectivity index (χ1) is 9.22. The molecule has 0 aliphatic carbocycles. The van der Waals surface area contributed by atoms with Crippen LogP contribution in [0.3, 0.4) is 0 Å². The Morgan fingerprint density at radius 2 is 1.95 bits per heavy atom. The van der Waals surface area contributed by atoms with E-state index in [0.29, 0.717) is 0 Å². The maximum atomic E-state index is 9.01. The van der Waals surface area contributed by atoms with E-state index >= 15 is 0 Å². The summed E-state index contributed by atoms with van der Waals surface area (Å²) in [6, 6.07) is 2.22. The summed E-state index contributed by atoms with van der Waals surface area (Å²) in [7, 11) is 2.03. The Bertz CT molecular complexity index is 391. The maximum absolute atomic E-state index is 9.01. The van der Waals surface area contributed by atoms with E-state index in [2.05, 4.69) is 27.9 Å². The molecule has 0 atom stereocenters. The quantitative estimate of drug-likeness (QED) is 0.842. The van der Waals surface area contributed by atoms with Gasteiger partial charge in [-0.1, -0.05) is 6.92 Å². The molecule has 0 bridgehead atoms. The summed E-state index contributed by atoms with van der Waals surface area (Å²) in [5.41, 5.74) is 2.47. The average Bonchev–Trinajstić information content (AvgIpc) is 2.60. The van der Waals surface area contributed by atoms with Gasteiger partial charge in [-0.25, -0.2) is 0 Å². The molecule has 0 radical (unpaired) electrons. The van der Waals surface area contributed by atoms with Crippen LogP contribution >= 0.6 is 0 Å². The first kappa shape index (κ1) is 14.5. The van der Waals surface area contributed by atoms with Crippen LogP contribution in [0.25, 0.3) is 0 Å². The lowest BCUT2D eigenvalue weighted by Crippen LogP contribution is -2.32. The number of aliphatic hydroxyl groups is 1. The van der Waals surface area contributed by atoms with Gasteiger partial charge in [0.05, 0.1) is 18.0 Å². The smallest absolute Gasteiger partial charge is 0.0625 e. The van der Waals surface area contributed by atoms with E-state index in [1.807, 2.05) is 11.7 Å². The molecule has 1 saturated heterocycles. The summed E-state index contributed by atoms with van der Waals surface area (Å²) in [5, 5.41) is 13.5. The molecule has 1 N–H and O–H groups in total. The van der Waals surface area contributed by atoms with Gasteiger partial charge in [0.1, 0.15) is 0 Å². The van der Waals surface area contributed by atoms with Crippen molar-refractivity contribution in [2.75, 3.05) is 39.3 Å². The summed E-state index contributed by atoms with van der Waals surface area (Å²) in [5.74, 6) is 0. The van der Waals surface area contributed by atoms with Gasteiger partial charge in [0.25, 0.3) is 0 Å². The van der Waals surface area contributed by atoms with Gasteiger partial charge in [-0.3, -0.25) is 14.5 Å². The van der Waals surface area contributed by atoms with Crippen LogP contribution in [-0.2, 0) is 20.0 Å². The van der Waals surface area contributed by atoms with Crippen molar-refractivity contribution in [1.82, 2.24) is 19.6 Å². The Morgan fingerprint density at radius 3 is 2.63 bits per heavy atom. The van der Waals surface area contributed by atoms with Crippen molar-refractivity contribution >= 4 is 0 Å². The van der Waals surface area contributed by atoms with Crippen molar-refractivity contribution in [3.63, 3.8) is 0 Å². The number of aliphatic hydroxyl groups excluding tert-OH is 1. The SMILES string of the molecule is CCc1cc(CN2CCCN(CCO)CC2)n(C)n1. The van der Waals surface area contributed by atoms with Crippen molar-refractivity contribution in [2.24, 2.45) is 7.05 Å². The minimum absolute atomic E-state index is 0.265. The fourth-order valence-corrected chi connectivity index (χ4v) is 2.67. The largest absolute Gasteiger partial charge is 0.395 e. The van der Waals surface area contributed by atoms with Crippen molar-refractivity contribution in [3.05, 3.63) is 17.5 Å². The third kappa shape index (κ3) is 4.03. The molecule has 0 aromatic carbocycles. The highest BCUT2D eigenvalue weighted by molar-refractivity contribution is 5.10. The minimum atomic E-state index is 0.265. The number of β-amino-alcohol motifs (C(OH)–C–C–N with tert-alkyl or cyclic N) is 1. The zero-order valence-electron chi connectivity index (χ0n) is 12.2. The normalized spacial score (nSPS) is 18.7. The van der Waals surface area contributed by atoms with Crippen molar-refractivity contribution < 1.29 is 5.11 Å². The van der Waals surface area contributed by atoms with Crippen LogP contribution in [0.5, 0.6) is 0 Å². The molecule has 1 aromatic rings. The Hall–Kier alpha value is -0.910. The van der Waals surface area contributed by atoms with Crippen molar-refractivity contribution in [1.29, 1.82) is 0 Å². The molecule has 2 heterocycles. The van der Waals surface area contributed by atoms with Gasteiger partial charge in [0.15, 0.2) is 0 Å². The van der Waals surface area contributed by atoms with Gasteiger partial charge in [0, 0.05) is 33.2 Å². The van der Waals surface area contributed by atoms with Crippen LogP contribution in [-0.4, -0.2) is 64.0 Å². The molecular formula is C14H26N4O. The van der Waals surface area contributed by atoms with Crippen molar-refractivity contribution in [2.45, 2.75) is 26.3 Å². The monoisotopic (exact) mass is 266 g/mol. The Morgan fingerprint density at radius 1 is 1.21 bits per heavy atom. The molecule has 1 aliphatic rings. The van der Waals surface area contributed by atoms with Crippen LogP contribution in [0.15, 0.2) is 6.07 Å². The topological polar surface area (TPSA) is 44.5 Å². The highest BCUT2D eigenvalue weighted by Crippen LogP contribution is 2.10. The van der Waals surface area contributed by atoms with Crippen molar-refractivity contribution in [3.8, 4) is 0 Å². The van der Waals surface area contributed by atoms with Crippen LogP contribution in [0.1, 0.15) is 24.7 Å². The molecule has 0 unspecified atom stereocenters. The highest BCUT2D eigenvalue weighted by atomic mass is 16.3. The van der Waals surface area contributed by atoms with E-state index in [1.165, 1.54) is 17.8 Å². The van der Waals surface area contributed by atoms with Gasteiger partial charge < -0.3 is 5.11 Å². The fraction of sp³-hybridized carbons (Fsp3) is 0.786. The molecule has 5 nitrogen and oxygen atoms in total. The van der Waals surface area contributed by atoms with Gasteiger partial charge in [-0.15, -0.1) is 0 Å². The van der Waals surface area contributed by atoms with Crippen LogP contribution in [0.4, 0.5) is 0 Å². The zero-order valence-corrected chi connectivity index (χ0v) is 12.2. The summed E-state index contributed by atoms with van der Waals surface area (Å²) < 4.78 is 2.01. The molecule has 1 aromatic heterocycles. The third-order valence-corrected chi connectivity index (χ3v) is 3.87. The van der Waals surface area contributed by atoms with Crippen LogP contribution in [0.2, 0.25) is 0 Å². The molecule has 1 aliphatic heterocycles. The number of hydrogen-bond donors (Lipinski definition) is 1. The van der Waals surface area contributed by atoms with Gasteiger partial charge >= 0.3 is 0 Å². The minimum Gasteiger partial charge on any atom is -0.395 e. The van der Waals surface area contributed by atoms with E-state index < -0.39 is 0 Å². The Labute approximate surface area is 115 Å². The van der Waals surface area contributed by atoms with E-state index in [9.17, 15) is 0 Å². The number of rotatable bonds is 5. The fourth-order valence-electron chi connectivity index (χ4n) is 2.67. The molecule has 2 rings (SSSR count). The van der Waals surface area contributed by atoms with E-state index in [1.54, 1.807) is 0 Å². The molecule has 0 amide bonds. The van der Waals surface area contributed by atoms with Gasteiger partial charge in [-0.2, -0.15) is 5.10 Å². The van der Waals surface area contributed by atoms with Gasteiger partial charge in [-0.05, 0) is 32.0 Å². The van der Waals surface area contributed by atoms with Gasteiger partial charge in [0.2, 0.25) is 0 Å². The lowest BCUT2D eigenvalue weighted by atomic mass is 10.3. The second kappa shape index (κ2) is 7.03. The molecule has 19 heavy (non-hydrogen) atoms. The highest BCUT2D eigenvalue weighted by Gasteiger charge is 2.16. The van der Waals surface area contributed by atoms with E-state index in [4.69, 9.17) is 5.11 Å². The maximum Gasteiger partial charge on any atom is 0.0625 e. The number of hydrogen-bond acceptors (Lipinski definition) is 4. The number of aromatic nitrogens is 2. The zero-order chi connectivity index (χ0) is 13.7. The Kier molecular flexibility index (Phi) is 5.36. The first-order valence-electron chi connectivity index (χ1n) is 7.30. The standard InChI is InChI=1S/C14H26N4O/c1-3-13-11-14(16(2)15-13)12-18-6-4-5-17(7-8-18)9-10-19/h11,19H,3-10,12H2,1-2H3. The number of nitrogens with zero attached hydrogens (tertiary/aromatic N) is 4.